The first-order chi connectivity index (χ1) is 8.74. The van der Waals surface area contributed by atoms with Crippen LogP contribution in [0.5, 0.6) is 0 Å². The van der Waals surface area contributed by atoms with Gasteiger partial charge in [-0.1, -0.05) is 18.2 Å². The molecule has 18 heavy (non-hydrogen) atoms. The number of nitrogens with zero attached hydrogens (tertiary/aromatic N) is 2. The topological polar surface area (TPSA) is 57.9 Å². The first kappa shape index (κ1) is 11.1. The van der Waals surface area contributed by atoms with E-state index in [0.29, 0.717) is 5.82 Å². The van der Waals surface area contributed by atoms with Crippen molar-refractivity contribution in [1.29, 1.82) is 0 Å². The lowest BCUT2D eigenvalue weighted by Crippen LogP contribution is -2.16. The molecule has 0 saturated carbocycles. The van der Waals surface area contributed by atoms with Crippen LogP contribution in [0.4, 0.5) is 11.5 Å². The molecule has 2 heterocycles. The summed E-state index contributed by atoms with van der Waals surface area (Å²) in [6.45, 7) is 0.769. The van der Waals surface area contributed by atoms with Crippen molar-refractivity contribution in [3.63, 3.8) is 0 Å². The summed E-state index contributed by atoms with van der Waals surface area (Å²) < 4.78 is 1.31. The number of benzene rings is 1. The molecule has 0 saturated heterocycles. The summed E-state index contributed by atoms with van der Waals surface area (Å²) in [5.41, 5.74) is 7.86. The maximum Gasteiger partial charge on any atom is 0.145 e. The molecule has 0 aliphatic heterocycles. The minimum Gasteiger partial charge on any atom is -0.382 e. The van der Waals surface area contributed by atoms with Crippen LogP contribution in [-0.4, -0.2) is 17.2 Å². The number of hydrogen-bond acceptors (Lipinski definition) is 4. The molecule has 1 aromatic carbocycles. The van der Waals surface area contributed by atoms with E-state index >= 15 is 0 Å². The van der Waals surface area contributed by atoms with Crippen molar-refractivity contribution >= 4 is 32.9 Å². The summed E-state index contributed by atoms with van der Waals surface area (Å²) in [5, 5.41) is 10.3. The van der Waals surface area contributed by atoms with Gasteiger partial charge in [0.05, 0.1) is 17.9 Å². The molecule has 0 bridgehead atoms. The van der Waals surface area contributed by atoms with Crippen molar-refractivity contribution in [2.75, 3.05) is 17.7 Å². The number of nitrogen functional groups attached to an aromatic ring is 1. The van der Waals surface area contributed by atoms with Gasteiger partial charge in [-0.05, 0) is 6.07 Å². The number of anilines is 2. The second-order valence-electron chi connectivity index (χ2n) is 4.29. The van der Waals surface area contributed by atoms with Gasteiger partial charge >= 0.3 is 0 Å². The molecule has 0 aliphatic rings. The van der Waals surface area contributed by atoms with Crippen molar-refractivity contribution in [1.82, 2.24) is 10.2 Å². The fourth-order valence-electron chi connectivity index (χ4n) is 2.06. The molecule has 0 fully saturated rings. The lowest BCUT2D eigenvalue weighted by atomic mass is 10.2. The predicted octanol–water partition coefficient (Wildman–Crippen LogP) is 2.84. The normalized spacial score (nSPS) is 10.9. The first-order valence-corrected chi connectivity index (χ1v) is 6.59. The number of thiophene rings is 1. The van der Waals surface area contributed by atoms with Crippen LogP contribution in [0.25, 0.3) is 10.1 Å². The Morgan fingerprint density at radius 3 is 3.00 bits per heavy atom. The van der Waals surface area contributed by atoms with Crippen molar-refractivity contribution in [2.24, 2.45) is 0 Å². The fraction of sp³-hybridized carbons (Fsp3) is 0.154. The highest BCUT2D eigenvalue weighted by Crippen LogP contribution is 2.32. The van der Waals surface area contributed by atoms with E-state index in [4.69, 9.17) is 5.73 Å². The molecule has 3 N–H and O–H groups in total. The lowest BCUT2D eigenvalue weighted by molar-refractivity contribution is 0.875. The predicted molar refractivity (Wildman–Crippen MR) is 76.9 cm³/mol. The average molecular weight is 258 g/mol. The highest BCUT2D eigenvalue weighted by atomic mass is 32.1. The Kier molecular flexibility index (Phi) is 2.68. The van der Waals surface area contributed by atoms with Gasteiger partial charge in [0.25, 0.3) is 0 Å². The molecular formula is C13H14N4S. The second kappa shape index (κ2) is 4.34. The summed E-state index contributed by atoms with van der Waals surface area (Å²) in [6, 6.07) is 10.3. The van der Waals surface area contributed by atoms with E-state index in [1.807, 2.05) is 6.07 Å². The van der Waals surface area contributed by atoms with E-state index < -0.39 is 0 Å². The third kappa shape index (κ3) is 1.93. The smallest absolute Gasteiger partial charge is 0.145 e. The third-order valence-electron chi connectivity index (χ3n) is 2.93. The zero-order valence-electron chi connectivity index (χ0n) is 10.1. The molecule has 0 spiro atoms. The van der Waals surface area contributed by atoms with E-state index in [2.05, 4.69) is 51.8 Å². The summed E-state index contributed by atoms with van der Waals surface area (Å²) in [4.78, 5) is 2.20. The lowest BCUT2D eigenvalue weighted by Gasteiger charge is -2.17. The molecule has 0 amide bonds. The van der Waals surface area contributed by atoms with E-state index in [1.54, 1.807) is 11.3 Å². The molecule has 0 aliphatic carbocycles. The number of aromatic amines is 1. The van der Waals surface area contributed by atoms with E-state index in [9.17, 15) is 0 Å². The van der Waals surface area contributed by atoms with Crippen LogP contribution in [0.1, 0.15) is 5.69 Å². The maximum atomic E-state index is 5.60. The summed E-state index contributed by atoms with van der Waals surface area (Å²) in [6.07, 6.45) is 0. The van der Waals surface area contributed by atoms with Crippen LogP contribution in [0.15, 0.2) is 35.7 Å². The Morgan fingerprint density at radius 2 is 2.22 bits per heavy atom. The van der Waals surface area contributed by atoms with E-state index in [1.165, 1.54) is 15.8 Å². The number of fused-ring (bicyclic) bond motifs is 1. The molecular weight excluding hydrogens is 244 g/mol. The van der Waals surface area contributed by atoms with Gasteiger partial charge in [-0.2, -0.15) is 5.10 Å². The van der Waals surface area contributed by atoms with Gasteiger partial charge in [-0.15, -0.1) is 11.3 Å². The van der Waals surface area contributed by atoms with Crippen molar-refractivity contribution in [3.8, 4) is 0 Å². The largest absolute Gasteiger partial charge is 0.382 e. The molecule has 5 heteroatoms. The molecule has 3 rings (SSSR count). The Morgan fingerprint density at radius 1 is 1.39 bits per heavy atom. The Labute approximate surface area is 109 Å². The number of hydrogen-bond donors (Lipinski definition) is 2. The zero-order chi connectivity index (χ0) is 12.5. The number of aromatic nitrogens is 2. The standard InChI is InChI=1S/C13H14N4S/c1-17(7-9-6-13(14)16-15-9)11-8-18-12-5-3-2-4-10(11)12/h2-6,8H,7H2,1H3,(H3,14,15,16). The van der Waals surface area contributed by atoms with Crippen LogP contribution in [0, 0.1) is 0 Å². The SMILES string of the molecule is CN(Cc1cc(N)n[nH]1)c1csc2ccccc12. The number of nitrogens with two attached hydrogens (primary N) is 1. The van der Waals surface area contributed by atoms with Gasteiger partial charge in [0, 0.05) is 28.6 Å². The highest BCUT2D eigenvalue weighted by molar-refractivity contribution is 7.17. The fourth-order valence-corrected chi connectivity index (χ4v) is 3.06. The molecule has 0 atom stereocenters. The minimum atomic E-state index is 0.536. The van der Waals surface area contributed by atoms with Gasteiger partial charge in [-0.3, -0.25) is 5.10 Å². The number of rotatable bonds is 3. The van der Waals surface area contributed by atoms with Crippen LogP contribution >= 0.6 is 11.3 Å². The van der Waals surface area contributed by atoms with Crippen molar-refractivity contribution < 1.29 is 0 Å². The molecule has 0 radical (unpaired) electrons. The Balaban J connectivity index is 1.90. The van der Waals surface area contributed by atoms with Gasteiger partial charge < -0.3 is 10.6 Å². The van der Waals surface area contributed by atoms with Crippen molar-refractivity contribution in [2.45, 2.75) is 6.54 Å². The van der Waals surface area contributed by atoms with E-state index in [0.717, 1.165) is 12.2 Å². The van der Waals surface area contributed by atoms with E-state index in [-0.39, 0.29) is 0 Å². The maximum absolute atomic E-state index is 5.60. The Bertz CT molecular complexity index is 670. The highest BCUT2D eigenvalue weighted by Gasteiger charge is 2.09. The monoisotopic (exact) mass is 258 g/mol. The van der Waals surface area contributed by atoms with Crippen LogP contribution in [0.3, 0.4) is 0 Å². The van der Waals surface area contributed by atoms with Gasteiger partial charge in [0.2, 0.25) is 0 Å². The van der Waals surface area contributed by atoms with Crippen LogP contribution < -0.4 is 10.6 Å². The van der Waals surface area contributed by atoms with Gasteiger partial charge in [0.1, 0.15) is 5.82 Å². The Hall–Kier alpha value is -2.01. The van der Waals surface area contributed by atoms with Crippen LogP contribution in [-0.2, 0) is 6.54 Å². The van der Waals surface area contributed by atoms with Gasteiger partial charge in [0.15, 0.2) is 0 Å². The summed E-state index contributed by atoms with van der Waals surface area (Å²) in [5.74, 6) is 0.536. The molecule has 0 unspecified atom stereocenters. The molecule has 3 aromatic rings. The number of H-pyrrole nitrogens is 1. The molecule has 92 valence electrons. The zero-order valence-corrected chi connectivity index (χ0v) is 10.9. The summed E-state index contributed by atoms with van der Waals surface area (Å²) in [7, 11) is 2.07. The quantitative estimate of drug-likeness (QED) is 0.759. The van der Waals surface area contributed by atoms with Crippen molar-refractivity contribution in [3.05, 3.63) is 41.4 Å². The first-order valence-electron chi connectivity index (χ1n) is 5.71. The second-order valence-corrected chi connectivity index (χ2v) is 5.20. The molecule has 4 nitrogen and oxygen atoms in total. The average Bonchev–Trinajstić information content (AvgIpc) is 2.95. The molecule has 2 aromatic heterocycles. The minimum absolute atomic E-state index is 0.536. The summed E-state index contributed by atoms with van der Waals surface area (Å²) >= 11 is 1.77. The van der Waals surface area contributed by atoms with Crippen LogP contribution in [0.2, 0.25) is 0 Å². The van der Waals surface area contributed by atoms with Gasteiger partial charge in [-0.25, -0.2) is 0 Å². The number of nitrogens with one attached hydrogen (secondary N) is 1. The third-order valence-corrected chi connectivity index (χ3v) is 3.88.